The fraction of sp³-hybridized carbons (Fsp3) is 0.400. The van der Waals surface area contributed by atoms with E-state index in [1.54, 1.807) is 6.92 Å². The maximum Gasteiger partial charge on any atom is 0.501 e. The predicted molar refractivity (Wildman–Crippen MR) is 58.7 cm³/mol. The minimum absolute atomic E-state index is 0.167. The van der Waals surface area contributed by atoms with Gasteiger partial charge in [-0.1, -0.05) is 12.1 Å². The van der Waals surface area contributed by atoms with Gasteiger partial charge in [0.05, 0.1) is 4.90 Å². The minimum Gasteiger partial charge on any atom is -0.214 e. The first kappa shape index (κ1) is 14.3. The van der Waals surface area contributed by atoms with Gasteiger partial charge in [0.1, 0.15) is 0 Å². The van der Waals surface area contributed by atoms with Gasteiger partial charge in [0, 0.05) is 5.38 Å². The monoisotopic (exact) mass is 286 g/mol. The summed E-state index contributed by atoms with van der Waals surface area (Å²) >= 11 is 5.72. The van der Waals surface area contributed by atoms with Gasteiger partial charge in [-0.3, -0.25) is 0 Å². The summed E-state index contributed by atoms with van der Waals surface area (Å²) in [7, 11) is -5.25. The molecular weight excluding hydrogens is 277 g/mol. The van der Waals surface area contributed by atoms with Crippen LogP contribution in [0.5, 0.6) is 0 Å². The van der Waals surface area contributed by atoms with Gasteiger partial charge in [-0.05, 0) is 31.0 Å². The lowest BCUT2D eigenvalue weighted by Crippen LogP contribution is -2.23. The molecule has 0 bridgehead atoms. The normalized spacial score (nSPS) is 14.6. The lowest BCUT2D eigenvalue weighted by Gasteiger charge is -2.09. The maximum absolute atomic E-state index is 12.2. The number of hydrogen-bond acceptors (Lipinski definition) is 2. The third kappa shape index (κ3) is 3.35. The zero-order valence-electron chi connectivity index (χ0n) is 8.83. The Balaban J connectivity index is 3.04. The van der Waals surface area contributed by atoms with Crippen LogP contribution in [-0.4, -0.2) is 19.3 Å². The van der Waals surface area contributed by atoms with Crippen molar-refractivity contribution in [2.24, 2.45) is 0 Å². The average molecular weight is 287 g/mol. The van der Waals surface area contributed by atoms with Gasteiger partial charge in [0.2, 0.25) is 0 Å². The first-order valence-electron chi connectivity index (χ1n) is 4.69. The quantitative estimate of drug-likeness (QED) is 0.800. The first-order valence-corrected chi connectivity index (χ1v) is 6.61. The second-order valence-corrected chi connectivity index (χ2v) is 6.26. The summed E-state index contributed by atoms with van der Waals surface area (Å²) in [5, 5.41) is -0.167. The van der Waals surface area contributed by atoms with Crippen LogP contribution in [0.2, 0.25) is 0 Å². The zero-order chi connectivity index (χ0) is 13.3. The SMILES string of the molecule is CC(Cl)Cc1ccc(S(=O)(=O)C(F)(F)F)cc1. The lowest BCUT2D eigenvalue weighted by molar-refractivity contribution is -0.0436. The summed E-state index contributed by atoms with van der Waals surface area (Å²) in [6.45, 7) is 1.74. The van der Waals surface area contributed by atoms with E-state index in [-0.39, 0.29) is 5.38 Å². The van der Waals surface area contributed by atoms with Crippen molar-refractivity contribution in [2.45, 2.75) is 29.1 Å². The molecule has 0 aromatic heterocycles. The molecule has 0 amide bonds. The molecule has 0 radical (unpaired) electrons. The first-order chi connectivity index (χ1) is 7.64. The highest BCUT2D eigenvalue weighted by atomic mass is 35.5. The van der Waals surface area contributed by atoms with Crippen LogP contribution >= 0.6 is 11.6 Å². The Morgan fingerprint density at radius 1 is 1.24 bits per heavy atom. The smallest absolute Gasteiger partial charge is 0.214 e. The van der Waals surface area contributed by atoms with Crippen LogP contribution in [0.4, 0.5) is 13.2 Å². The van der Waals surface area contributed by atoms with E-state index in [0.717, 1.165) is 12.1 Å². The molecule has 1 aromatic rings. The van der Waals surface area contributed by atoms with Gasteiger partial charge in [0.25, 0.3) is 9.84 Å². The average Bonchev–Trinajstić information content (AvgIpc) is 2.15. The second-order valence-electron chi connectivity index (χ2n) is 3.58. The number of rotatable bonds is 3. The highest BCUT2D eigenvalue weighted by molar-refractivity contribution is 7.92. The Morgan fingerprint density at radius 2 is 1.71 bits per heavy atom. The molecule has 1 atom stereocenters. The van der Waals surface area contributed by atoms with Gasteiger partial charge in [-0.15, -0.1) is 11.6 Å². The van der Waals surface area contributed by atoms with Gasteiger partial charge in [-0.25, -0.2) is 8.42 Å². The van der Waals surface area contributed by atoms with E-state index in [1.807, 2.05) is 0 Å². The molecule has 0 spiro atoms. The van der Waals surface area contributed by atoms with Crippen LogP contribution in [0.1, 0.15) is 12.5 Å². The second kappa shape index (κ2) is 4.86. The summed E-state index contributed by atoms with van der Waals surface area (Å²) in [4.78, 5) is -0.754. The van der Waals surface area contributed by atoms with Crippen LogP contribution in [0.25, 0.3) is 0 Å². The van der Waals surface area contributed by atoms with Crippen molar-refractivity contribution in [1.82, 2.24) is 0 Å². The van der Waals surface area contributed by atoms with Crippen molar-refractivity contribution in [3.63, 3.8) is 0 Å². The van der Waals surface area contributed by atoms with Crippen molar-refractivity contribution in [2.75, 3.05) is 0 Å². The topological polar surface area (TPSA) is 34.1 Å². The molecule has 0 saturated heterocycles. The van der Waals surface area contributed by atoms with Gasteiger partial charge in [0.15, 0.2) is 0 Å². The third-order valence-corrected chi connectivity index (χ3v) is 3.71. The molecule has 7 heteroatoms. The van der Waals surface area contributed by atoms with Gasteiger partial charge < -0.3 is 0 Å². The van der Waals surface area contributed by atoms with Crippen molar-refractivity contribution in [3.8, 4) is 0 Å². The number of alkyl halides is 4. The summed E-state index contributed by atoms with van der Waals surface area (Å²) in [5.41, 5.74) is -4.58. The molecule has 2 nitrogen and oxygen atoms in total. The Bertz CT molecular complexity index is 477. The number of sulfone groups is 1. The largest absolute Gasteiger partial charge is 0.501 e. The van der Waals surface area contributed by atoms with Crippen molar-refractivity contribution >= 4 is 21.4 Å². The van der Waals surface area contributed by atoms with Crippen LogP contribution in [0.15, 0.2) is 29.2 Å². The summed E-state index contributed by atoms with van der Waals surface area (Å²) in [6, 6.07) is 4.55. The van der Waals surface area contributed by atoms with E-state index in [9.17, 15) is 21.6 Å². The van der Waals surface area contributed by atoms with Crippen molar-refractivity contribution in [3.05, 3.63) is 29.8 Å². The Kier molecular flexibility index (Phi) is 4.09. The summed E-state index contributed by atoms with van der Waals surface area (Å²) < 4.78 is 58.7. The molecule has 0 fully saturated rings. The molecule has 0 heterocycles. The van der Waals surface area contributed by atoms with Crippen molar-refractivity contribution in [1.29, 1.82) is 0 Å². The van der Waals surface area contributed by atoms with Crippen LogP contribution in [0, 0.1) is 0 Å². The molecule has 0 aliphatic heterocycles. The maximum atomic E-state index is 12.2. The molecule has 0 aliphatic rings. The fourth-order valence-electron chi connectivity index (χ4n) is 1.26. The Hall–Kier alpha value is -0.750. The molecule has 17 heavy (non-hydrogen) atoms. The summed E-state index contributed by atoms with van der Waals surface area (Å²) in [6.07, 6.45) is 0.466. The van der Waals surface area contributed by atoms with Crippen LogP contribution in [-0.2, 0) is 16.3 Å². The van der Waals surface area contributed by atoms with E-state index in [0.29, 0.717) is 12.0 Å². The highest BCUT2D eigenvalue weighted by Crippen LogP contribution is 2.30. The van der Waals surface area contributed by atoms with Gasteiger partial charge in [-0.2, -0.15) is 13.2 Å². The molecule has 0 saturated carbocycles. The standard InChI is InChI=1S/C10H10ClF3O2S/c1-7(11)6-8-2-4-9(5-3-8)17(15,16)10(12,13)14/h2-5,7H,6H2,1H3. The van der Waals surface area contributed by atoms with E-state index in [2.05, 4.69) is 0 Å². The van der Waals surface area contributed by atoms with E-state index in [4.69, 9.17) is 11.6 Å². The number of hydrogen-bond donors (Lipinski definition) is 0. The molecule has 1 rings (SSSR count). The minimum atomic E-state index is -5.27. The Labute approximate surface area is 102 Å². The number of benzene rings is 1. The van der Waals surface area contributed by atoms with Crippen LogP contribution < -0.4 is 0 Å². The molecule has 0 N–H and O–H groups in total. The Morgan fingerprint density at radius 3 is 2.06 bits per heavy atom. The fourth-order valence-corrected chi connectivity index (χ4v) is 2.20. The summed E-state index contributed by atoms with van der Waals surface area (Å²) in [5.74, 6) is 0. The van der Waals surface area contributed by atoms with Crippen molar-refractivity contribution < 1.29 is 21.6 Å². The van der Waals surface area contributed by atoms with E-state index >= 15 is 0 Å². The highest BCUT2D eigenvalue weighted by Gasteiger charge is 2.46. The molecular formula is C10H10ClF3O2S. The molecule has 0 aliphatic carbocycles. The number of halogens is 4. The zero-order valence-corrected chi connectivity index (χ0v) is 10.4. The molecule has 1 aromatic carbocycles. The molecule has 1 unspecified atom stereocenters. The van der Waals surface area contributed by atoms with E-state index in [1.165, 1.54) is 12.1 Å². The third-order valence-electron chi connectivity index (χ3n) is 2.06. The van der Waals surface area contributed by atoms with Crippen LogP contribution in [0.3, 0.4) is 0 Å². The predicted octanol–water partition coefficient (Wildman–Crippen LogP) is 3.15. The molecule has 96 valence electrons. The lowest BCUT2D eigenvalue weighted by atomic mass is 10.1. The van der Waals surface area contributed by atoms with Gasteiger partial charge >= 0.3 is 5.51 Å². The van der Waals surface area contributed by atoms with E-state index < -0.39 is 20.2 Å².